The third-order valence-corrected chi connectivity index (χ3v) is 3.66. The van der Waals surface area contributed by atoms with Crippen LogP contribution in [-0.4, -0.2) is 23.4 Å². The maximum Gasteiger partial charge on any atom is 0.124 e. The molecule has 21 heavy (non-hydrogen) atoms. The number of ether oxygens (including phenoxy) is 1. The smallest absolute Gasteiger partial charge is 0.124 e. The number of rotatable bonds is 6. The van der Waals surface area contributed by atoms with Crippen LogP contribution in [0.4, 0.5) is 0 Å². The standard InChI is InChI=1S/C17H25N3O/c1-6-7-18-17(14-10-19-20(4)11-14)16-13(3)8-12(2)9-15(16)21-5/h8-11,17-18H,6-7H2,1-5H3. The summed E-state index contributed by atoms with van der Waals surface area (Å²) in [5, 5.41) is 7.93. The Morgan fingerprint density at radius 1 is 1.33 bits per heavy atom. The van der Waals surface area contributed by atoms with Crippen LogP contribution in [0.3, 0.4) is 0 Å². The summed E-state index contributed by atoms with van der Waals surface area (Å²) in [6.45, 7) is 7.36. The van der Waals surface area contributed by atoms with Crippen LogP contribution >= 0.6 is 0 Å². The fourth-order valence-electron chi connectivity index (χ4n) is 2.74. The van der Waals surface area contributed by atoms with Crippen LogP contribution in [0.25, 0.3) is 0 Å². The predicted molar refractivity (Wildman–Crippen MR) is 85.8 cm³/mol. The van der Waals surface area contributed by atoms with Crippen molar-refractivity contribution in [3.05, 3.63) is 46.8 Å². The van der Waals surface area contributed by atoms with Crippen molar-refractivity contribution >= 4 is 0 Å². The van der Waals surface area contributed by atoms with Crippen LogP contribution in [0, 0.1) is 13.8 Å². The van der Waals surface area contributed by atoms with Crippen LogP contribution in [0.5, 0.6) is 5.75 Å². The average Bonchev–Trinajstić information content (AvgIpc) is 2.87. The van der Waals surface area contributed by atoms with Gasteiger partial charge in [-0.25, -0.2) is 0 Å². The summed E-state index contributed by atoms with van der Waals surface area (Å²) in [5.41, 5.74) is 4.82. The summed E-state index contributed by atoms with van der Waals surface area (Å²) in [6.07, 6.45) is 5.07. The van der Waals surface area contributed by atoms with E-state index in [9.17, 15) is 0 Å². The fraction of sp³-hybridized carbons (Fsp3) is 0.471. The average molecular weight is 287 g/mol. The third kappa shape index (κ3) is 3.45. The molecule has 0 spiro atoms. The Balaban J connectivity index is 2.50. The van der Waals surface area contributed by atoms with Gasteiger partial charge in [0, 0.05) is 24.4 Å². The Bertz CT molecular complexity index is 604. The molecule has 0 amide bonds. The van der Waals surface area contributed by atoms with Crippen molar-refractivity contribution in [1.29, 1.82) is 0 Å². The van der Waals surface area contributed by atoms with Gasteiger partial charge in [-0.2, -0.15) is 5.10 Å². The Morgan fingerprint density at radius 3 is 2.67 bits per heavy atom. The molecule has 4 heteroatoms. The molecule has 0 aliphatic heterocycles. The Kier molecular flexibility index (Phi) is 5.02. The van der Waals surface area contributed by atoms with Gasteiger partial charge in [0.2, 0.25) is 0 Å². The van der Waals surface area contributed by atoms with Gasteiger partial charge in [0.15, 0.2) is 0 Å². The first kappa shape index (κ1) is 15.6. The molecule has 0 saturated carbocycles. The molecule has 1 atom stereocenters. The second-order valence-corrected chi connectivity index (χ2v) is 5.53. The van der Waals surface area contributed by atoms with Crippen LogP contribution in [0.1, 0.15) is 41.6 Å². The van der Waals surface area contributed by atoms with Crippen molar-refractivity contribution in [3.8, 4) is 5.75 Å². The molecule has 1 heterocycles. The minimum atomic E-state index is 0.106. The second kappa shape index (κ2) is 6.76. The molecule has 4 nitrogen and oxygen atoms in total. The molecule has 1 aromatic carbocycles. The van der Waals surface area contributed by atoms with E-state index in [-0.39, 0.29) is 6.04 Å². The highest BCUT2D eigenvalue weighted by Crippen LogP contribution is 2.33. The van der Waals surface area contributed by atoms with E-state index in [1.807, 2.05) is 17.9 Å². The number of methoxy groups -OCH3 is 1. The van der Waals surface area contributed by atoms with E-state index in [2.05, 4.69) is 49.5 Å². The molecule has 0 aliphatic rings. The number of hydrogen-bond acceptors (Lipinski definition) is 3. The number of hydrogen-bond donors (Lipinski definition) is 1. The molecule has 2 rings (SSSR count). The lowest BCUT2D eigenvalue weighted by Crippen LogP contribution is -2.24. The molecule has 2 aromatic rings. The lowest BCUT2D eigenvalue weighted by Gasteiger charge is -2.23. The van der Waals surface area contributed by atoms with Gasteiger partial charge < -0.3 is 10.1 Å². The minimum Gasteiger partial charge on any atom is -0.496 e. The number of aromatic nitrogens is 2. The molecule has 1 N–H and O–H groups in total. The van der Waals surface area contributed by atoms with Crippen molar-refractivity contribution in [1.82, 2.24) is 15.1 Å². The van der Waals surface area contributed by atoms with E-state index in [1.54, 1.807) is 7.11 Å². The SMILES string of the molecule is CCCNC(c1cnn(C)c1)c1c(C)cc(C)cc1OC. The van der Waals surface area contributed by atoms with Crippen molar-refractivity contribution in [2.45, 2.75) is 33.2 Å². The highest BCUT2D eigenvalue weighted by atomic mass is 16.5. The van der Waals surface area contributed by atoms with Crippen molar-refractivity contribution in [2.24, 2.45) is 7.05 Å². The molecule has 0 radical (unpaired) electrons. The van der Waals surface area contributed by atoms with Crippen LogP contribution in [0.2, 0.25) is 0 Å². The Labute approximate surface area is 127 Å². The van der Waals surface area contributed by atoms with Crippen LogP contribution in [0.15, 0.2) is 24.5 Å². The number of nitrogens with one attached hydrogen (secondary N) is 1. The van der Waals surface area contributed by atoms with E-state index in [0.717, 1.165) is 24.3 Å². The lowest BCUT2D eigenvalue weighted by atomic mass is 9.94. The molecule has 0 fully saturated rings. The van der Waals surface area contributed by atoms with Gasteiger partial charge in [-0.05, 0) is 44.0 Å². The third-order valence-electron chi connectivity index (χ3n) is 3.66. The normalized spacial score (nSPS) is 12.4. The minimum absolute atomic E-state index is 0.106. The first-order chi connectivity index (χ1) is 10.1. The van der Waals surface area contributed by atoms with Gasteiger partial charge in [-0.15, -0.1) is 0 Å². The van der Waals surface area contributed by atoms with E-state index in [4.69, 9.17) is 4.74 Å². The van der Waals surface area contributed by atoms with Crippen molar-refractivity contribution in [2.75, 3.05) is 13.7 Å². The summed E-state index contributed by atoms with van der Waals surface area (Å²) in [7, 11) is 3.68. The van der Waals surface area contributed by atoms with E-state index in [1.165, 1.54) is 16.7 Å². The molecule has 0 bridgehead atoms. The molecule has 0 saturated heterocycles. The molecular formula is C17H25N3O. The lowest BCUT2D eigenvalue weighted by molar-refractivity contribution is 0.403. The van der Waals surface area contributed by atoms with Gasteiger partial charge in [-0.3, -0.25) is 4.68 Å². The van der Waals surface area contributed by atoms with Crippen molar-refractivity contribution in [3.63, 3.8) is 0 Å². The zero-order valence-electron chi connectivity index (χ0n) is 13.6. The first-order valence-electron chi connectivity index (χ1n) is 7.43. The maximum atomic E-state index is 5.63. The molecule has 114 valence electrons. The van der Waals surface area contributed by atoms with Gasteiger partial charge in [-0.1, -0.05) is 13.0 Å². The summed E-state index contributed by atoms with van der Waals surface area (Å²) >= 11 is 0. The fourth-order valence-corrected chi connectivity index (χ4v) is 2.74. The monoisotopic (exact) mass is 287 g/mol. The molecule has 0 aliphatic carbocycles. The zero-order valence-corrected chi connectivity index (χ0v) is 13.6. The Hall–Kier alpha value is -1.81. The molecule has 1 aromatic heterocycles. The number of aryl methyl sites for hydroxylation is 3. The first-order valence-corrected chi connectivity index (χ1v) is 7.43. The van der Waals surface area contributed by atoms with Crippen LogP contribution < -0.4 is 10.1 Å². The van der Waals surface area contributed by atoms with Crippen LogP contribution in [-0.2, 0) is 7.05 Å². The zero-order chi connectivity index (χ0) is 15.4. The maximum absolute atomic E-state index is 5.63. The van der Waals surface area contributed by atoms with E-state index in [0.29, 0.717) is 0 Å². The van der Waals surface area contributed by atoms with Gasteiger partial charge >= 0.3 is 0 Å². The summed E-state index contributed by atoms with van der Waals surface area (Å²) in [6, 6.07) is 4.41. The number of benzene rings is 1. The summed E-state index contributed by atoms with van der Waals surface area (Å²) in [4.78, 5) is 0. The summed E-state index contributed by atoms with van der Waals surface area (Å²) < 4.78 is 7.47. The number of nitrogens with zero attached hydrogens (tertiary/aromatic N) is 2. The van der Waals surface area contributed by atoms with Gasteiger partial charge in [0.1, 0.15) is 5.75 Å². The molecule has 1 unspecified atom stereocenters. The van der Waals surface area contributed by atoms with Gasteiger partial charge in [0.25, 0.3) is 0 Å². The van der Waals surface area contributed by atoms with Crippen molar-refractivity contribution < 1.29 is 4.74 Å². The van der Waals surface area contributed by atoms with Gasteiger partial charge in [0.05, 0.1) is 19.3 Å². The largest absolute Gasteiger partial charge is 0.496 e. The topological polar surface area (TPSA) is 39.1 Å². The summed E-state index contributed by atoms with van der Waals surface area (Å²) in [5.74, 6) is 0.935. The Morgan fingerprint density at radius 2 is 2.10 bits per heavy atom. The van der Waals surface area contributed by atoms with E-state index >= 15 is 0 Å². The highest BCUT2D eigenvalue weighted by Gasteiger charge is 2.21. The molecular weight excluding hydrogens is 262 g/mol. The quantitative estimate of drug-likeness (QED) is 0.887. The highest BCUT2D eigenvalue weighted by molar-refractivity contribution is 5.48. The second-order valence-electron chi connectivity index (χ2n) is 5.53. The van der Waals surface area contributed by atoms with E-state index < -0.39 is 0 Å². The predicted octanol–water partition coefficient (Wildman–Crippen LogP) is 3.13.